The zero-order valence-corrected chi connectivity index (χ0v) is 12.3. The fourth-order valence-electron chi connectivity index (χ4n) is 2.37. The van der Waals surface area contributed by atoms with E-state index in [0.29, 0.717) is 0 Å². The predicted octanol–water partition coefficient (Wildman–Crippen LogP) is 3.17. The summed E-state index contributed by atoms with van der Waals surface area (Å²) in [6.07, 6.45) is 2.48. The van der Waals surface area contributed by atoms with Crippen molar-refractivity contribution >= 4 is 29.9 Å². The molecule has 0 N–H and O–H groups in total. The van der Waals surface area contributed by atoms with Gasteiger partial charge in [-0.3, -0.25) is 4.90 Å². The summed E-state index contributed by atoms with van der Waals surface area (Å²) in [6.45, 7) is 5.63. The highest BCUT2D eigenvalue weighted by Crippen LogP contribution is 2.25. The number of para-hydroxylation sites is 1. The molecular weight excluding hydrogens is 264 g/mol. The van der Waals surface area contributed by atoms with Crippen LogP contribution in [0, 0.1) is 0 Å². The van der Waals surface area contributed by atoms with Crippen molar-refractivity contribution in [3.63, 3.8) is 0 Å². The van der Waals surface area contributed by atoms with Crippen molar-refractivity contribution in [3.8, 4) is 0 Å². The number of benzene rings is 1. The number of piperazine rings is 1. The van der Waals surface area contributed by atoms with Gasteiger partial charge < -0.3 is 4.90 Å². The van der Waals surface area contributed by atoms with E-state index >= 15 is 0 Å². The lowest BCUT2D eigenvalue weighted by Crippen LogP contribution is -2.46. The van der Waals surface area contributed by atoms with Crippen LogP contribution in [0.1, 0.15) is 12.8 Å². The summed E-state index contributed by atoms with van der Waals surface area (Å²) in [6, 6.07) is 8.12. The number of hydrogen-bond donors (Lipinski definition) is 1. The minimum atomic E-state index is 0.862. The zero-order valence-electron chi connectivity index (χ0n) is 10.7. The van der Waals surface area contributed by atoms with E-state index in [-0.39, 0.29) is 0 Å². The van der Waals surface area contributed by atoms with Crippen LogP contribution in [0.25, 0.3) is 0 Å². The second kappa shape index (κ2) is 7.27. The second-order valence-electron chi connectivity index (χ2n) is 4.71. The normalized spacial score (nSPS) is 17.1. The van der Waals surface area contributed by atoms with Crippen LogP contribution in [0.15, 0.2) is 24.3 Å². The molecule has 0 amide bonds. The molecule has 0 aliphatic carbocycles. The average molecular weight is 285 g/mol. The Morgan fingerprint density at radius 1 is 1.06 bits per heavy atom. The molecule has 0 unspecified atom stereocenters. The summed E-state index contributed by atoms with van der Waals surface area (Å²) in [5.41, 5.74) is 1.18. The van der Waals surface area contributed by atoms with Gasteiger partial charge in [-0.15, -0.1) is 0 Å². The van der Waals surface area contributed by atoms with Gasteiger partial charge in [-0.25, -0.2) is 0 Å². The molecule has 1 saturated heterocycles. The molecule has 1 aliphatic rings. The van der Waals surface area contributed by atoms with E-state index in [0.717, 1.165) is 37.0 Å². The Balaban J connectivity index is 1.81. The Labute approximate surface area is 120 Å². The lowest BCUT2D eigenvalue weighted by molar-refractivity contribution is 0.254. The van der Waals surface area contributed by atoms with Gasteiger partial charge in [-0.1, -0.05) is 23.7 Å². The predicted molar refractivity (Wildman–Crippen MR) is 83.2 cm³/mol. The summed E-state index contributed by atoms with van der Waals surface area (Å²) < 4.78 is 0. The molecule has 0 atom stereocenters. The SMILES string of the molecule is SCCCCN1CCN(c2ccccc2Cl)CC1. The van der Waals surface area contributed by atoms with Gasteiger partial charge in [0.25, 0.3) is 0 Å². The van der Waals surface area contributed by atoms with Gasteiger partial charge >= 0.3 is 0 Å². The quantitative estimate of drug-likeness (QED) is 0.655. The molecule has 1 aromatic rings. The van der Waals surface area contributed by atoms with Gasteiger partial charge in [0.1, 0.15) is 0 Å². The lowest BCUT2D eigenvalue weighted by Gasteiger charge is -2.36. The van der Waals surface area contributed by atoms with Crippen molar-refractivity contribution in [3.05, 3.63) is 29.3 Å². The molecule has 100 valence electrons. The maximum absolute atomic E-state index is 6.23. The summed E-state index contributed by atoms with van der Waals surface area (Å²) in [7, 11) is 0. The molecule has 0 saturated carbocycles. The molecule has 2 nitrogen and oxygen atoms in total. The molecule has 1 aromatic carbocycles. The fourth-order valence-corrected chi connectivity index (χ4v) is 2.85. The van der Waals surface area contributed by atoms with Crippen LogP contribution in [0.3, 0.4) is 0 Å². The van der Waals surface area contributed by atoms with Gasteiger partial charge in [-0.2, -0.15) is 12.6 Å². The first-order valence-corrected chi connectivity index (χ1v) is 7.65. The summed E-state index contributed by atoms with van der Waals surface area (Å²) >= 11 is 10.5. The van der Waals surface area contributed by atoms with Crippen LogP contribution in [0.4, 0.5) is 5.69 Å². The first-order valence-electron chi connectivity index (χ1n) is 6.64. The average Bonchev–Trinajstić information content (AvgIpc) is 2.41. The number of rotatable bonds is 5. The highest BCUT2D eigenvalue weighted by molar-refractivity contribution is 7.80. The Kier molecular flexibility index (Phi) is 5.67. The minimum absolute atomic E-state index is 0.862. The minimum Gasteiger partial charge on any atom is -0.368 e. The van der Waals surface area contributed by atoms with E-state index in [4.69, 9.17) is 11.6 Å². The standard InChI is InChI=1S/C14H21ClN2S/c15-13-5-1-2-6-14(13)17-10-8-16(9-11-17)7-3-4-12-18/h1-2,5-6,18H,3-4,7-12H2. The van der Waals surface area contributed by atoms with Crippen molar-refractivity contribution in [1.29, 1.82) is 0 Å². The first-order chi connectivity index (χ1) is 8.81. The molecule has 0 aromatic heterocycles. The molecule has 2 rings (SSSR count). The second-order valence-corrected chi connectivity index (χ2v) is 5.57. The molecule has 0 spiro atoms. The van der Waals surface area contributed by atoms with Crippen LogP contribution >= 0.6 is 24.2 Å². The third-order valence-corrected chi connectivity index (χ3v) is 4.08. The number of halogens is 1. The largest absolute Gasteiger partial charge is 0.368 e. The van der Waals surface area contributed by atoms with E-state index in [1.54, 1.807) is 0 Å². The van der Waals surface area contributed by atoms with Crippen LogP contribution in [-0.2, 0) is 0 Å². The van der Waals surface area contributed by atoms with Crippen molar-refractivity contribution in [2.45, 2.75) is 12.8 Å². The molecule has 0 radical (unpaired) electrons. The number of thiol groups is 1. The third kappa shape index (κ3) is 3.81. The number of nitrogens with zero attached hydrogens (tertiary/aromatic N) is 2. The van der Waals surface area contributed by atoms with Crippen molar-refractivity contribution in [2.75, 3.05) is 43.4 Å². The summed E-state index contributed by atoms with van der Waals surface area (Å²) in [5, 5.41) is 0.862. The van der Waals surface area contributed by atoms with Gasteiger partial charge in [0.15, 0.2) is 0 Å². The fraction of sp³-hybridized carbons (Fsp3) is 0.571. The molecule has 1 aliphatic heterocycles. The monoisotopic (exact) mass is 284 g/mol. The zero-order chi connectivity index (χ0) is 12.8. The molecule has 0 bridgehead atoms. The summed E-state index contributed by atoms with van der Waals surface area (Å²) in [4.78, 5) is 4.92. The Morgan fingerprint density at radius 3 is 2.44 bits per heavy atom. The van der Waals surface area contributed by atoms with Gasteiger partial charge in [-0.05, 0) is 37.3 Å². The Hall–Kier alpha value is -0.380. The number of hydrogen-bond acceptors (Lipinski definition) is 3. The van der Waals surface area contributed by atoms with E-state index in [1.807, 2.05) is 12.1 Å². The smallest absolute Gasteiger partial charge is 0.0639 e. The van der Waals surface area contributed by atoms with Crippen LogP contribution in [-0.4, -0.2) is 43.4 Å². The third-order valence-electron chi connectivity index (χ3n) is 3.45. The molecular formula is C14H21ClN2S. The van der Waals surface area contributed by atoms with Gasteiger partial charge in [0.05, 0.1) is 10.7 Å². The topological polar surface area (TPSA) is 6.48 Å². The van der Waals surface area contributed by atoms with E-state index in [2.05, 4.69) is 34.6 Å². The van der Waals surface area contributed by atoms with Crippen LogP contribution in [0.5, 0.6) is 0 Å². The van der Waals surface area contributed by atoms with E-state index in [9.17, 15) is 0 Å². The number of unbranched alkanes of at least 4 members (excludes halogenated alkanes) is 1. The van der Waals surface area contributed by atoms with Crippen molar-refractivity contribution in [2.24, 2.45) is 0 Å². The van der Waals surface area contributed by atoms with E-state index in [1.165, 1.54) is 25.1 Å². The van der Waals surface area contributed by atoms with Crippen LogP contribution < -0.4 is 4.90 Å². The van der Waals surface area contributed by atoms with Crippen LogP contribution in [0.2, 0.25) is 5.02 Å². The van der Waals surface area contributed by atoms with Gasteiger partial charge in [0, 0.05) is 26.2 Å². The Morgan fingerprint density at radius 2 is 1.78 bits per heavy atom. The molecule has 1 heterocycles. The maximum atomic E-state index is 6.23. The highest BCUT2D eigenvalue weighted by atomic mass is 35.5. The highest BCUT2D eigenvalue weighted by Gasteiger charge is 2.17. The van der Waals surface area contributed by atoms with E-state index < -0.39 is 0 Å². The van der Waals surface area contributed by atoms with Crippen molar-refractivity contribution < 1.29 is 0 Å². The number of anilines is 1. The Bertz CT molecular complexity index is 365. The van der Waals surface area contributed by atoms with Gasteiger partial charge in [0.2, 0.25) is 0 Å². The first kappa shape index (κ1) is 14.0. The molecule has 4 heteroatoms. The van der Waals surface area contributed by atoms with Crippen molar-refractivity contribution in [1.82, 2.24) is 4.90 Å². The summed E-state index contributed by atoms with van der Waals surface area (Å²) in [5.74, 6) is 1.000. The molecule has 18 heavy (non-hydrogen) atoms. The maximum Gasteiger partial charge on any atom is 0.0639 e. The lowest BCUT2D eigenvalue weighted by atomic mass is 10.2. The molecule has 1 fully saturated rings.